The highest BCUT2D eigenvalue weighted by Gasteiger charge is 2.36. The van der Waals surface area contributed by atoms with E-state index in [0.29, 0.717) is 0 Å². The van der Waals surface area contributed by atoms with Crippen molar-refractivity contribution >= 4 is 12.2 Å². The molecular formula is C17H23N3S. The molecule has 1 N–H and O–H groups in total. The van der Waals surface area contributed by atoms with Crippen molar-refractivity contribution in [1.29, 1.82) is 0 Å². The van der Waals surface area contributed by atoms with Crippen molar-refractivity contribution in [3.8, 4) is 11.3 Å². The van der Waals surface area contributed by atoms with Crippen molar-refractivity contribution in [2.45, 2.75) is 37.8 Å². The van der Waals surface area contributed by atoms with E-state index in [1.54, 1.807) is 0 Å². The SMILES string of the molecule is CN(C)C1(Cn2c(-c3ccccc3)c[nH]c2=S)CCCC1. The van der Waals surface area contributed by atoms with Gasteiger partial charge in [-0.3, -0.25) is 0 Å². The average Bonchev–Trinajstić information content (AvgIpc) is 3.10. The van der Waals surface area contributed by atoms with Crippen LogP contribution in [0.5, 0.6) is 0 Å². The molecule has 4 heteroatoms. The molecule has 1 aromatic heterocycles. The summed E-state index contributed by atoms with van der Waals surface area (Å²) in [6, 6.07) is 10.5. The number of nitrogens with zero attached hydrogens (tertiary/aromatic N) is 2. The second-order valence-corrected chi connectivity index (χ2v) is 6.64. The summed E-state index contributed by atoms with van der Waals surface area (Å²) in [4.78, 5) is 5.62. The number of nitrogens with one attached hydrogen (secondary N) is 1. The van der Waals surface area contributed by atoms with Crippen LogP contribution in [-0.4, -0.2) is 34.1 Å². The fourth-order valence-electron chi connectivity index (χ4n) is 3.47. The Hall–Kier alpha value is -1.39. The van der Waals surface area contributed by atoms with Crippen LogP contribution >= 0.6 is 12.2 Å². The Bertz CT molecular complexity index is 648. The van der Waals surface area contributed by atoms with Gasteiger partial charge in [-0.2, -0.15) is 0 Å². The predicted octanol–water partition coefficient (Wildman–Crippen LogP) is 4.09. The fraction of sp³-hybridized carbons (Fsp3) is 0.471. The van der Waals surface area contributed by atoms with E-state index in [1.165, 1.54) is 36.9 Å². The quantitative estimate of drug-likeness (QED) is 0.860. The molecule has 3 nitrogen and oxygen atoms in total. The number of likely N-dealkylation sites (N-methyl/N-ethyl adjacent to an activating group) is 1. The average molecular weight is 301 g/mol. The minimum Gasteiger partial charge on any atom is -0.337 e. The van der Waals surface area contributed by atoms with Crippen LogP contribution in [0.25, 0.3) is 11.3 Å². The molecule has 0 bridgehead atoms. The van der Waals surface area contributed by atoms with E-state index in [4.69, 9.17) is 12.2 Å². The third-order valence-corrected chi connectivity index (χ3v) is 5.21. The van der Waals surface area contributed by atoms with Crippen molar-refractivity contribution < 1.29 is 0 Å². The molecule has 0 radical (unpaired) electrons. The monoisotopic (exact) mass is 301 g/mol. The highest BCUT2D eigenvalue weighted by molar-refractivity contribution is 7.71. The van der Waals surface area contributed by atoms with Crippen molar-refractivity contribution in [2.75, 3.05) is 14.1 Å². The lowest BCUT2D eigenvalue weighted by atomic mass is 9.95. The molecule has 3 rings (SSSR count). The first-order valence-electron chi connectivity index (χ1n) is 7.63. The maximum atomic E-state index is 5.53. The topological polar surface area (TPSA) is 24.0 Å². The van der Waals surface area contributed by atoms with E-state index in [1.807, 2.05) is 12.3 Å². The van der Waals surface area contributed by atoms with Crippen LogP contribution in [0.15, 0.2) is 36.5 Å². The van der Waals surface area contributed by atoms with Gasteiger partial charge in [-0.1, -0.05) is 43.2 Å². The number of hydrogen-bond donors (Lipinski definition) is 1. The van der Waals surface area contributed by atoms with Gasteiger partial charge >= 0.3 is 0 Å². The van der Waals surface area contributed by atoms with Gasteiger partial charge in [0, 0.05) is 18.3 Å². The summed E-state index contributed by atoms with van der Waals surface area (Å²) in [7, 11) is 4.40. The van der Waals surface area contributed by atoms with Gasteiger partial charge in [0.05, 0.1) is 5.69 Å². The molecule has 1 aliphatic carbocycles. The number of rotatable bonds is 4. The van der Waals surface area contributed by atoms with E-state index >= 15 is 0 Å². The molecule has 0 atom stereocenters. The minimum atomic E-state index is 0.240. The Morgan fingerprint density at radius 1 is 1.19 bits per heavy atom. The van der Waals surface area contributed by atoms with E-state index in [0.717, 1.165) is 11.3 Å². The van der Waals surface area contributed by atoms with E-state index in [-0.39, 0.29) is 5.54 Å². The largest absolute Gasteiger partial charge is 0.337 e. The molecule has 1 heterocycles. The van der Waals surface area contributed by atoms with Gasteiger partial charge in [0.2, 0.25) is 0 Å². The summed E-state index contributed by atoms with van der Waals surface area (Å²) >= 11 is 5.53. The second-order valence-electron chi connectivity index (χ2n) is 6.26. The van der Waals surface area contributed by atoms with Gasteiger partial charge in [0.15, 0.2) is 4.77 Å². The molecule has 0 unspecified atom stereocenters. The first kappa shape index (κ1) is 14.5. The van der Waals surface area contributed by atoms with Crippen LogP contribution < -0.4 is 0 Å². The molecule has 2 aromatic rings. The Balaban J connectivity index is 2.00. The van der Waals surface area contributed by atoms with Crippen molar-refractivity contribution in [3.05, 3.63) is 41.3 Å². The Morgan fingerprint density at radius 2 is 1.86 bits per heavy atom. The van der Waals surface area contributed by atoms with Crippen LogP contribution in [-0.2, 0) is 6.54 Å². The lowest BCUT2D eigenvalue weighted by Gasteiger charge is -2.37. The molecule has 1 saturated carbocycles. The van der Waals surface area contributed by atoms with Crippen LogP contribution in [0.3, 0.4) is 0 Å². The van der Waals surface area contributed by atoms with E-state index in [9.17, 15) is 0 Å². The predicted molar refractivity (Wildman–Crippen MR) is 89.9 cm³/mol. The van der Waals surface area contributed by atoms with Gasteiger partial charge in [0.25, 0.3) is 0 Å². The van der Waals surface area contributed by atoms with Crippen LogP contribution in [0, 0.1) is 4.77 Å². The van der Waals surface area contributed by atoms with Crippen molar-refractivity contribution in [3.63, 3.8) is 0 Å². The van der Waals surface area contributed by atoms with Gasteiger partial charge in [-0.15, -0.1) is 0 Å². The van der Waals surface area contributed by atoms with Crippen LogP contribution in [0.2, 0.25) is 0 Å². The first-order valence-corrected chi connectivity index (χ1v) is 8.04. The van der Waals surface area contributed by atoms with Gasteiger partial charge < -0.3 is 14.5 Å². The number of H-pyrrole nitrogens is 1. The summed E-state index contributed by atoms with van der Waals surface area (Å²) in [5.74, 6) is 0. The van der Waals surface area contributed by atoms with Gasteiger partial charge in [-0.05, 0) is 44.7 Å². The molecule has 1 aliphatic rings. The minimum absolute atomic E-state index is 0.240. The highest BCUT2D eigenvalue weighted by Crippen LogP contribution is 2.36. The second kappa shape index (κ2) is 5.78. The van der Waals surface area contributed by atoms with E-state index < -0.39 is 0 Å². The van der Waals surface area contributed by atoms with Gasteiger partial charge in [-0.25, -0.2) is 0 Å². The van der Waals surface area contributed by atoms with Crippen LogP contribution in [0.1, 0.15) is 25.7 Å². The number of imidazole rings is 1. The first-order chi connectivity index (χ1) is 10.1. The third-order valence-electron chi connectivity index (χ3n) is 4.87. The normalized spacial score (nSPS) is 17.5. The van der Waals surface area contributed by atoms with Gasteiger partial charge in [0.1, 0.15) is 0 Å². The summed E-state index contributed by atoms with van der Waals surface area (Å²) < 4.78 is 3.10. The molecule has 21 heavy (non-hydrogen) atoms. The lowest BCUT2D eigenvalue weighted by molar-refractivity contribution is 0.134. The molecule has 112 valence electrons. The van der Waals surface area contributed by atoms with E-state index in [2.05, 4.69) is 52.8 Å². The standard InChI is InChI=1S/C17H23N3S/c1-19(2)17(10-6-7-11-17)13-20-15(12-18-16(20)21)14-8-4-3-5-9-14/h3-5,8-9,12H,6-7,10-11,13H2,1-2H3,(H,18,21). The van der Waals surface area contributed by atoms with Crippen molar-refractivity contribution in [2.24, 2.45) is 0 Å². The molecule has 1 fully saturated rings. The fourth-order valence-corrected chi connectivity index (χ4v) is 3.70. The van der Waals surface area contributed by atoms with Crippen LogP contribution in [0.4, 0.5) is 0 Å². The lowest BCUT2D eigenvalue weighted by Crippen LogP contribution is -2.45. The number of benzene rings is 1. The third kappa shape index (κ3) is 2.70. The summed E-state index contributed by atoms with van der Waals surface area (Å²) in [6.45, 7) is 0.965. The number of aromatic nitrogens is 2. The smallest absolute Gasteiger partial charge is 0.177 e. The molecule has 0 amide bonds. The molecule has 0 saturated heterocycles. The maximum Gasteiger partial charge on any atom is 0.177 e. The summed E-state index contributed by atoms with van der Waals surface area (Å²) in [5.41, 5.74) is 2.65. The highest BCUT2D eigenvalue weighted by atomic mass is 32.1. The Kier molecular flexibility index (Phi) is 4.00. The molecule has 0 aliphatic heterocycles. The Labute approximate surface area is 131 Å². The number of hydrogen-bond acceptors (Lipinski definition) is 2. The molecular weight excluding hydrogens is 278 g/mol. The summed E-state index contributed by atoms with van der Waals surface area (Å²) in [5, 5.41) is 0. The number of aromatic amines is 1. The zero-order chi connectivity index (χ0) is 14.9. The molecule has 0 spiro atoms. The zero-order valence-corrected chi connectivity index (χ0v) is 13.6. The van der Waals surface area contributed by atoms with Crippen molar-refractivity contribution in [1.82, 2.24) is 14.5 Å². The zero-order valence-electron chi connectivity index (χ0n) is 12.8. The Morgan fingerprint density at radius 3 is 2.48 bits per heavy atom. The summed E-state index contributed by atoms with van der Waals surface area (Å²) in [6.07, 6.45) is 7.17. The molecule has 1 aromatic carbocycles. The maximum absolute atomic E-state index is 5.53.